The number of hydrogen-bond acceptors (Lipinski definition) is 2. The van der Waals surface area contributed by atoms with Crippen LogP contribution in [0.15, 0.2) is 205 Å². The lowest BCUT2D eigenvalue weighted by atomic mass is 9.88. The van der Waals surface area contributed by atoms with Crippen molar-refractivity contribution in [3.8, 4) is 33.4 Å². The van der Waals surface area contributed by atoms with Crippen LogP contribution in [0.5, 0.6) is 0 Å². The number of furan rings is 1. The van der Waals surface area contributed by atoms with Gasteiger partial charge in [-0.05, 0) is 74.3 Å². The van der Waals surface area contributed by atoms with E-state index in [1.807, 2.05) is 6.07 Å². The smallest absolute Gasteiger partial charge is 0.160 e. The molecule has 1 aromatic heterocycles. The van der Waals surface area contributed by atoms with Gasteiger partial charge in [-0.15, -0.1) is 0 Å². The van der Waals surface area contributed by atoms with Crippen LogP contribution in [0, 0.1) is 0 Å². The Morgan fingerprint density at radius 2 is 0.904 bits per heavy atom. The molecule has 52 heavy (non-hydrogen) atoms. The first-order chi connectivity index (χ1) is 25.8. The predicted molar refractivity (Wildman–Crippen MR) is 220 cm³/mol. The molecule has 0 spiro atoms. The molecule has 0 fully saturated rings. The molecule has 0 radical (unpaired) electrons. The van der Waals surface area contributed by atoms with E-state index in [0.717, 1.165) is 55.5 Å². The largest absolute Gasteiger partial charge is 0.454 e. The molecule has 244 valence electrons. The Balaban J connectivity index is 1.30. The molecule has 2 nitrogen and oxygen atoms in total. The van der Waals surface area contributed by atoms with Gasteiger partial charge in [-0.2, -0.15) is 0 Å². The van der Waals surface area contributed by atoms with Crippen molar-refractivity contribution < 1.29 is 4.42 Å². The third-order valence-electron chi connectivity index (χ3n) is 10.3. The Labute approximate surface area is 302 Å². The van der Waals surface area contributed by atoms with Crippen LogP contribution in [-0.4, -0.2) is 0 Å². The molecule has 0 aliphatic rings. The molecule has 10 aromatic rings. The van der Waals surface area contributed by atoms with Crippen molar-refractivity contribution in [1.82, 2.24) is 0 Å². The SMILES string of the molecule is c1ccc(-c2ccccc2-c2ccccc2-c2ccccc2N(c2ccccc2)c2c3ccc4ccccc4c3cc3c2oc2ccccc23)cc1. The molecule has 0 saturated heterocycles. The Kier molecular flexibility index (Phi) is 7.18. The van der Waals surface area contributed by atoms with Crippen LogP contribution >= 0.6 is 0 Å². The summed E-state index contributed by atoms with van der Waals surface area (Å²) in [4.78, 5) is 2.41. The van der Waals surface area contributed by atoms with E-state index < -0.39 is 0 Å². The molecule has 0 N–H and O–H groups in total. The Morgan fingerprint density at radius 3 is 1.67 bits per heavy atom. The topological polar surface area (TPSA) is 16.4 Å². The highest BCUT2D eigenvalue weighted by Crippen LogP contribution is 2.50. The monoisotopic (exact) mass is 663 g/mol. The third kappa shape index (κ3) is 4.88. The van der Waals surface area contributed by atoms with E-state index in [2.05, 4.69) is 199 Å². The number of nitrogens with zero attached hydrogens (tertiary/aromatic N) is 1. The number of hydrogen-bond donors (Lipinski definition) is 0. The molecule has 0 saturated carbocycles. The van der Waals surface area contributed by atoms with E-state index in [9.17, 15) is 0 Å². The van der Waals surface area contributed by atoms with Crippen molar-refractivity contribution in [1.29, 1.82) is 0 Å². The van der Waals surface area contributed by atoms with E-state index in [-0.39, 0.29) is 0 Å². The van der Waals surface area contributed by atoms with E-state index in [1.54, 1.807) is 0 Å². The van der Waals surface area contributed by atoms with E-state index in [4.69, 9.17) is 4.42 Å². The maximum Gasteiger partial charge on any atom is 0.160 e. The van der Waals surface area contributed by atoms with Crippen LogP contribution in [-0.2, 0) is 0 Å². The summed E-state index contributed by atoms with van der Waals surface area (Å²) in [6.45, 7) is 0. The van der Waals surface area contributed by atoms with Crippen LogP contribution in [0.25, 0.3) is 76.9 Å². The summed E-state index contributed by atoms with van der Waals surface area (Å²) in [6, 6.07) is 71.6. The van der Waals surface area contributed by atoms with Gasteiger partial charge in [-0.1, -0.05) is 170 Å². The van der Waals surface area contributed by atoms with E-state index in [1.165, 1.54) is 38.4 Å². The molecule has 0 bridgehead atoms. The van der Waals surface area contributed by atoms with E-state index in [0.29, 0.717) is 0 Å². The average Bonchev–Trinajstić information content (AvgIpc) is 3.60. The minimum absolute atomic E-state index is 0.866. The first-order valence-electron chi connectivity index (χ1n) is 17.8. The third-order valence-corrected chi connectivity index (χ3v) is 10.3. The minimum Gasteiger partial charge on any atom is -0.454 e. The fourth-order valence-corrected chi connectivity index (χ4v) is 7.93. The maximum atomic E-state index is 6.89. The normalized spacial score (nSPS) is 11.5. The van der Waals surface area contributed by atoms with Crippen LogP contribution in [0.3, 0.4) is 0 Å². The first kappa shape index (κ1) is 30.0. The number of anilines is 3. The number of fused-ring (bicyclic) bond motifs is 6. The summed E-state index contributed by atoms with van der Waals surface area (Å²) in [5.41, 5.74) is 12.0. The second kappa shape index (κ2) is 12.5. The fraction of sp³-hybridized carbons (Fsp3) is 0. The van der Waals surface area contributed by atoms with Crippen LogP contribution in [0.1, 0.15) is 0 Å². The van der Waals surface area contributed by atoms with Gasteiger partial charge in [-0.3, -0.25) is 0 Å². The molecule has 2 heteroatoms. The molecule has 0 atom stereocenters. The van der Waals surface area contributed by atoms with Gasteiger partial charge < -0.3 is 9.32 Å². The molecule has 0 aliphatic carbocycles. The van der Waals surface area contributed by atoms with Crippen molar-refractivity contribution in [2.24, 2.45) is 0 Å². The van der Waals surface area contributed by atoms with Gasteiger partial charge in [0.2, 0.25) is 0 Å². The average molecular weight is 664 g/mol. The van der Waals surface area contributed by atoms with Gasteiger partial charge in [0.1, 0.15) is 5.58 Å². The number of rotatable bonds is 6. The summed E-state index contributed by atoms with van der Waals surface area (Å²) >= 11 is 0. The van der Waals surface area contributed by atoms with Crippen molar-refractivity contribution in [2.45, 2.75) is 0 Å². The molecule has 10 rings (SSSR count). The lowest BCUT2D eigenvalue weighted by Crippen LogP contribution is -2.12. The van der Waals surface area contributed by atoms with Gasteiger partial charge in [0.25, 0.3) is 0 Å². The number of benzene rings is 9. The summed E-state index contributed by atoms with van der Waals surface area (Å²) in [7, 11) is 0. The lowest BCUT2D eigenvalue weighted by molar-refractivity contribution is 0.669. The van der Waals surface area contributed by atoms with Crippen LogP contribution < -0.4 is 4.90 Å². The van der Waals surface area contributed by atoms with Crippen molar-refractivity contribution in [3.63, 3.8) is 0 Å². The molecular weight excluding hydrogens is 631 g/mol. The highest BCUT2D eigenvalue weighted by molar-refractivity contribution is 6.24. The van der Waals surface area contributed by atoms with Crippen molar-refractivity contribution >= 4 is 60.5 Å². The van der Waals surface area contributed by atoms with E-state index >= 15 is 0 Å². The summed E-state index contributed by atoms with van der Waals surface area (Å²) in [5.74, 6) is 0. The minimum atomic E-state index is 0.866. The quantitative estimate of drug-likeness (QED) is 0.165. The van der Waals surface area contributed by atoms with Gasteiger partial charge in [-0.25, -0.2) is 0 Å². The Bertz CT molecular complexity index is 2910. The molecule has 0 unspecified atom stereocenters. The highest BCUT2D eigenvalue weighted by atomic mass is 16.3. The lowest BCUT2D eigenvalue weighted by Gasteiger charge is -2.29. The van der Waals surface area contributed by atoms with Gasteiger partial charge in [0, 0.05) is 27.4 Å². The fourth-order valence-electron chi connectivity index (χ4n) is 7.93. The van der Waals surface area contributed by atoms with Crippen molar-refractivity contribution in [2.75, 3.05) is 4.90 Å². The predicted octanol–water partition coefficient (Wildman–Crippen LogP) is 14.4. The zero-order valence-electron chi connectivity index (χ0n) is 28.4. The Hall–Kier alpha value is -6.90. The van der Waals surface area contributed by atoms with Crippen LogP contribution in [0.2, 0.25) is 0 Å². The molecule has 0 aliphatic heterocycles. The second-order valence-corrected chi connectivity index (χ2v) is 13.2. The highest BCUT2D eigenvalue weighted by Gasteiger charge is 2.26. The zero-order chi connectivity index (χ0) is 34.4. The van der Waals surface area contributed by atoms with Crippen molar-refractivity contribution in [3.05, 3.63) is 200 Å². The van der Waals surface area contributed by atoms with Gasteiger partial charge in [0.15, 0.2) is 5.58 Å². The number of para-hydroxylation sites is 3. The second-order valence-electron chi connectivity index (χ2n) is 13.2. The summed E-state index contributed by atoms with van der Waals surface area (Å²) in [6.07, 6.45) is 0. The summed E-state index contributed by atoms with van der Waals surface area (Å²) < 4.78 is 6.89. The zero-order valence-corrected chi connectivity index (χ0v) is 28.4. The summed E-state index contributed by atoms with van der Waals surface area (Å²) in [5, 5.41) is 6.97. The molecule has 0 amide bonds. The molecule has 1 heterocycles. The molecular formula is C50H33NO. The standard InChI is InChI=1S/C50H33NO/c1-3-17-34(18-4-1)37-22-9-10-24-39(37)40-25-11-12-26-41(40)42-27-13-15-29-47(42)51(36-20-5-2-6-21-36)49-44-32-31-35-19-7-8-23-38(35)45(44)33-46-43-28-14-16-30-48(43)52-50(46)49/h1-33H. The maximum absolute atomic E-state index is 6.89. The van der Waals surface area contributed by atoms with Gasteiger partial charge >= 0.3 is 0 Å². The first-order valence-corrected chi connectivity index (χ1v) is 17.8. The molecule has 9 aromatic carbocycles. The van der Waals surface area contributed by atoms with Gasteiger partial charge in [0.05, 0.1) is 11.4 Å². The Morgan fingerprint density at radius 1 is 0.346 bits per heavy atom. The van der Waals surface area contributed by atoms with Crippen LogP contribution in [0.4, 0.5) is 17.1 Å².